The molecule has 0 N–H and O–H groups in total. The highest BCUT2D eigenvalue weighted by molar-refractivity contribution is 7.54. The summed E-state index contributed by atoms with van der Waals surface area (Å²) >= 11 is 5.42. The quantitative estimate of drug-likeness (QED) is 0.409. The zero-order chi connectivity index (χ0) is 9.73. The van der Waals surface area contributed by atoms with Crippen molar-refractivity contribution in [3.8, 4) is 0 Å². The van der Waals surface area contributed by atoms with Crippen molar-refractivity contribution >= 4 is 19.2 Å². The summed E-state index contributed by atoms with van der Waals surface area (Å²) in [5.74, 6) is -0.363. The van der Waals surface area contributed by atoms with E-state index in [1.54, 1.807) is 0 Å². The summed E-state index contributed by atoms with van der Waals surface area (Å²) in [4.78, 5) is 0. The molecule has 1 aliphatic rings. The molecule has 0 bridgehead atoms. The average molecular weight is 227 g/mol. The monoisotopic (exact) mass is 226 g/mol. The fourth-order valence-corrected chi connectivity index (χ4v) is 2.63. The van der Waals surface area contributed by atoms with Crippen molar-refractivity contribution in [3.63, 3.8) is 0 Å². The third-order valence-electron chi connectivity index (χ3n) is 1.50. The third kappa shape index (κ3) is 2.79. The number of hydrogen-bond acceptors (Lipinski definition) is 4. The molecule has 0 aromatic heterocycles. The maximum absolute atomic E-state index is 11.8. The lowest BCUT2D eigenvalue weighted by molar-refractivity contribution is 0.126. The molecule has 6 heteroatoms. The number of hydrogen-bond donors (Lipinski definition) is 0. The first-order chi connectivity index (χ1) is 6.23. The van der Waals surface area contributed by atoms with Crippen LogP contribution in [0.15, 0.2) is 12.7 Å². The van der Waals surface area contributed by atoms with Gasteiger partial charge in [-0.3, -0.25) is 4.57 Å². The molecule has 1 rings (SSSR count). The molecule has 1 atom stereocenters. The van der Waals surface area contributed by atoms with Gasteiger partial charge in [-0.2, -0.15) is 0 Å². The van der Waals surface area contributed by atoms with Crippen LogP contribution >= 0.6 is 19.2 Å². The Hall–Kier alpha value is 0.140. The Labute approximate surface area is 82.3 Å². The number of alkyl halides is 1. The highest BCUT2D eigenvalue weighted by atomic mass is 35.5. The lowest BCUT2D eigenvalue weighted by Gasteiger charge is -2.18. The van der Waals surface area contributed by atoms with Gasteiger partial charge in [0.1, 0.15) is 0 Å². The molecule has 0 radical (unpaired) electrons. The van der Waals surface area contributed by atoms with E-state index in [4.69, 9.17) is 25.4 Å². The normalized spacial score (nSPS) is 22.8. The van der Waals surface area contributed by atoms with Crippen LogP contribution in [0.25, 0.3) is 0 Å². The molecule has 0 saturated carbocycles. The van der Waals surface area contributed by atoms with Gasteiger partial charge in [-0.05, 0) is 0 Å². The molecule has 0 aromatic rings. The van der Waals surface area contributed by atoms with Crippen LogP contribution < -0.4 is 0 Å². The molecule has 0 spiro atoms. The lowest BCUT2D eigenvalue weighted by atomic mass is 10.7. The zero-order valence-corrected chi connectivity index (χ0v) is 8.80. The van der Waals surface area contributed by atoms with Crippen LogP contribution in [0.2, 0.25) is 0 Å². The van der Waals surface area contributed by atoms with Crippen LogP contribution in [0.5, 0.6) is 0 Å². The predicted octanol–water partition coefficient (Wildman–Crippen LogP) is 1.99. The lowest BCUT2D eigenvalue weighted by Crippen LogP contribution is -2.12. The molecule has 1 fully saturated rings. The maximum Gasteiger partial charge on any atom is 0.363 e. The zero-order valence-electron chi connectivity index (χ0n) is 7.15. The van der Waals surface area contributed by atoms with Gasteiger partial charge in [0.25, 0.3) is 0 Å². The molecule has 0 amide bonds. The standard InChI is InChI=1S/C7H12ClO4P/c1-2-7(10-4-3-8)13(9)11-5-6-12-13/h2,7H,1,3-6H2. The fraction of sp³-hybridized carbons (Fsp3) is 0.714. The molecular weight excluding hydrogens is 214 g/mol. The number of halogens is 1. The molecule has 1 heterocycles. The molecule has 4 nitrogen and oxygen atoms in total. The van der Waals surface area contributed by atoms with Crippen molar-refractivity contribution in [2.45, 2.75) is 5.85 Å². The van der Waals surface area contributed by atoms with Crippen LogP contribution in [-0.2, 0) is 18.3 Å². The summed E-state index contributed by atoms with van der Waals surface area (Å²) in [5.41, 5.74) is 0. The second-order valence-electron chi connectivity index (χ2n) is 2.39. The Bertz CT molecular complexity index is 211. The van der Waals surface area contributed by atoms with Gasteiger partial charge in [0.15, 0.2) is 5.85 Å². The van der Waals surface area contributed by atoms with Gasteiger partial charge in [-0.15, -0.1) is 11.6 Å². The molecule has 0 aliphatic carbocycles. The highest BCUT2D eigenvalue weighted by Gasteiger charge is 2.38. The minimum atomic E-state index is -3.11. The first-order valence-electron chi connectivity index (χ1n) is 3.92. The first-order valence-corrected chi connectivity index (χ1v) is 6.06. The van der Waals surface area contributed by atoms with Gasteiger partial charge in [0, 0.05) is 5.88 Å². The van der Waals surface area contributed by atoms with E-state index in [2.05, 4.69) is 6.58 Å². The van der Waals surface area contributed by atoms with Gasteiger partial charge in [-0.1, -0.05) is 12.7 Å². The summed E-state index contributed by atoms with van der Waals surface area (Å²) in [6.45, 7) is 4.48. The Morgan fingerprint density at radius 2 is 2.23 bits per heavy atom. The van der Waals surface area contributed by atoms with Crippen LogP contribution in [-0.4, -0.2) is 31.5 Å². The summed E-state index contributed by atoms with van der Waals surface area (Å²) < 4.78 is 26.9. The van der Waals surface area contributed by atoms with E-state index in [9.17, 15) is 4.57 Å². The van der Waals surface area contributed by atoms with Crippen LogP contribution in [0.3, 0.4) is 0 Å². The predicted molar refractivity (Wildman–Crippen MR) is 50.2 cm³/mol. The fourth-order valence-electron chi connectivity index (χ4n) is 0.967. The third-order valence-corrected chi connectivity index (χ3v) is 3.73. The van der Waals surface area contributed by atoms with Crippen LogP contribution in [0.1, 0.15) is 0 Å². The van der Waals surface area contributed by atoms with E-state index in [1.165, 1.54) is 6.08 Å². The largest absolute Gasteiger partial charge is 0.363 e. The molecule has 1 unspecified atom stereocenters. The van der Waals surface area contributed by atoms with E-state index >= 15 is 0 Å². The summed E-state index contributed by atoms with van der Waals surface area (Å²) in [7, 11) is -3.11. The second-order valence-corrected chi connectivity index (χ2v) is 4.88. The Kier molecular flexibility index (Phi) is 4.42. The van der Waals surface area contributed by atoms with E-state index in [-0.39, 0.29) is 0 Å². The molecule has 1 saturated heterocycles. The van der Waals surface area contributed by atoms with Gasteiger partial charge in [0.05, 0.1) is 19.8 Å². The van der Waals surface area contributed by atoms with Crippen molar-refractivity contribution in [1.82, 2.24) is 0 Å². The summed E-state index contributed by atoms with van der Waals surface area (Å²) in [6.07, 6.45) is 1.42. The number of ether oxygens (including phenoxy) is 1. The van der Waals surface area contributed by atoms with Gasteiger partial charge in [-0.25, -0.2) is 0 Å². The van der Waals surface area contributed by atoms with Crippen LogP contribution in [0.4, 0.5) is 0 Å². The summed E-state index contributed by atoms with van der Waals surface area (Å²) in [5, 5.41) is 0. The smallest absolute Gasteiger partial charge is 0.360 e. The van der Waals surface area contributed by atoms with Crippen molar-refractivity contribution in [2.24, 2.45) is 0 Å². The van der Waals surface area contributed by atoms with Crippen LogP contribution in [0, 0.1) is 0 Å². The van der Waals surface area contributed by atoms with E-state index in [0.29, 0.717) is 25.7 Å². The molecule has 0 aromatic carbocycles. The van der Waals surface area contributed by atoms with Crippen molar-refractivity contribution in [1.29, 1.82) is 0 Å². The first kappa shape index (κ1) is 11.2. The number of rotatable bonds is 5. The van der Waals surface area contributed by atoms with Crippen molar-refractivity contribution in [2.75, 3.05) is 25.7 Å². The highest BCUT2D eigenvalue weighted by Crippen LogP contribution is 2.56. The van der Waals surface area contributed by atoms with Gasteiger partial charge >= 0.3 is 7.60 Å². The van der Waals surface area contributed by atoms with Gasteiger partial charge in [0.2, 0.25) is 0 Å². The van der Waals surface area contributed by atoms with Crippen molar-refractivity contribution < 1.29 is 18.3 Å². The summed E-state index contributed by atoms with van der Waals surface area (Å²) in [6, 6.07) is 0. The van der Waals surface area contributed by atoms with Crippen molar-refractivity contribution in [3.05, 3.63) is 12.7 Å². The minimum absolute atomic E-state index is 0.301. The SMILES string of the molecule is C=CC(OCCCl)P1(=O)OCCO1. The maximum atomic E-state index is 11.8. The molecule has 13 heavy (non-hydrogen) atoms. The van der Waals surface area contributed by atoms with Gasteiger partial charge < -0.3 is 13.8 Å². The molecule has 76 valence electrons. The minimum Gasteiger partial charge on any atom is -0.360 e. The Morgan fingerprint density at radius 3 is 2.69 bits per heavy atom. The second kappa shape index (κ2) is 5.13. The molecule has 1 aliphatic heterocycles. The Balaban J connectivity index is 2.54. The Morgan fingerprint density at radius 1 is 1.62 bits per heavy atom. The van der Waals surface area contributed by atoms with E-state index in [0.717, 1.165) is 0 Å². The molecular formula is C7H12ClO4P. The van der Waals surface area contributed by atoms with E-state index in [1.807, 2.05) is 0 Å². The van der Waals surface area contributed by atoms with E-state index < -0.39 is 13.4 Å². The average Bonchev–Trinajstić information content (AvgIpc) is 2.54. The topological polar surface area (TPSA) is 44.8 Å².